The summed E-state index contributed by atoms with van der Waals surface area (Å²) in [6.45, 7) is 1.19. The van der Waals surface area contributed by atoms with Crippen molar-refractivity contribution < 1.29 is 9.53 Å². The van der Waals surface area contributed by atoms with Gasteiger partial charge in [-0.2, -0.15) is 5.26 Å². The van der Waals surface area contributed by atoms with E-state index in [1.807, 2.05) is 6.07 Å². The lowest BCUT2D eigenvalue weighted by Gasteiger charge is -2.20. The zero-order valence-electron chi connectivity index (χ0n) is 11.1. The second-order valence-electron chi connectivity index (χ2n) is 3.75. The van der Waals surface area contributed by atoms with Crippen LogP contribution in [0.15, 0.2) is 12.1 Å². The zero-order chi connectivity index (χ0) is 14.1. The Bertz CT molecular complexity index is 440. The number of nitrogens with zero attached hydrogens (tertiary/aromatic N) is 4. The van der Waals surface area contributed by atoms with E-state index >= 15 is 0 Å². The largest absolute Gasteiger partial charge is 0.383 e. The quantitative estimate of drug-likeness (QED) is 0.771. The van der Waals surface area contributed by atoms with Crippen molar-refractivity contribution in [3.05, 3.63) is 17.8 Å². The second kappa shape index (κ2) is 8.00. The van der Waals surface area contributed by atoms with Gasteiger partial charge in [-0.3, -0.25) is 4.79 Å². The number of hydrogen-bond donors (Lipinski definition) is 1. The van der Waals surface area contributed by atoms with Crippen molar-refractivity contribution in [2.45, 2.75) is 6.42 Å². The van der Waals surface area contributed by atoms with Crippen LogP contribution in [0.2, 0.25) is 0 Å². The Kier molecular flexibility index (Phi) is 6.26. The molecule has 1 aromatic rings. The number of anilines is 1. The number of carbonyl (C=O) groups is 1. The first-order valence-electron chi connectivity index (χ1n) is 5.89. The molecular weight excluding hydrogens is 246 g/mol. The average molecular weight is 263 g/mol. The van der Waals surface area contributed by atoms with Crippen LogP contribution in [0.25, 0.3) is 0 Å². The molecule has 0 fully saturated rings. The van der Waals surface area contributed by atoms with Crippen LogP contribution in [0.5, 0.6) is 0 Å². The maximum atomic E-state index is 12.2. The predicted octanol–water partition coefficient (Wildman–Crippen LogP) is 0.521. The molecule has 1 rings (SSSR count). The molecule has 0 saturated heterocycles. The molecule has 0 unspecified atom stereocenters. The fraction of sp³-hybridized carbons (Fsp3) is 0.500. The van der Waals surface area contributed by atoms with E-state index in [-0.39, 0.29) is 18.0 Å². The van der Waals surface area contributed by atoms with Crippen LogP contribution in [0.3, 0.4) is 0 Å². The van der Waals surface area contributed by atoms with Gasteiger partial charge in [0.05, 0.1) is 19.1 Å². The Balaban J connectivity index is 2.75. The van der Waals surface area contributed by atoms with Gasteiger partial charge in [0.1, 0.15) is 5.82 Å². The fourth-order valence-electron chi connectivity index (χ4n) is 1.44. The molecule has 7 heteroatoms. The summed E-state index contributed by atoms with van der Waals surface area (Å²) < 4.78 is 4.95. The number of carbonyl (C=O) groups excluding carboxylic acids is 1. The summed E-state index contributed by atoms with van der Waals surface area (Å²) >= 11 is 0. The third-order valence-corrected chi connectivity index (χ3v) is 2.49. The normalized spacial score (nSPS) is 9.74. The Hall–Kier alpha value is -2.20. The molecule has 0 atom stereocenters. The van der Waals surface area contributed by atoms with Crippen LogP contribution in [0, 0.1) is 11.3 Å². The number of aromatic nitrogens is 2. The van der Waals surface area contributed by atoms with E-state index in [1.165, 1.54) is 4.90 Å². The minimum atomic E-state index is -0.248. The summed E-state index contributed by atoms with van der Waals surface area (Å²) in [6.07, 6.45) is 0.275. The highest BCUT2D eigenvalue weighted by molar-refractivity contribution is 5.92. The van der Waals surface area contributed by atoms with Crippen LogP contribution < -0.4 is 5.32 Å². The maximum absolute atomic E-state index is 12.2. The van der Waals surface area contributed by atoms with E-state index in [4.69, 9.17) is 10.00 Å². The average Bonchev–Trinajstić information content (AvgIpc) is 2.47. The molecule has 19 heavy (non-hydrogen) atoms. The third-order valence-electron chi connectivity index (χ3n) is 2.49. The molecular formula is C12H17N5O2. The van der Waals surface area contributed by atoms with Crippen molar-refractivity contribution in [3.63, 3.8) is 0 Å². The minimum absolute atomic E-state index is 0.248. The molecule has 0 radical (unpaired) electrons. The van der Waals surface area contributed by atoms with E-state index in [1.54, 1.807) is 26.3 Å². The van der Waals surface area contributed by atoms with E-state index in [2.05, 4.69) is 15.5 Å². The molecule has 102 valence electrons. The molecule has 1 N–H and O–H groups in total. The van der Waals surface area contributed by atoms with Crippen LogP contribution in [-0.4, -0.2) is 54.9 Å². The van der Waals surface area contributed by atoms with Crippen molar-refractivity contribution in [1.29, 1.82) is 5.26 Å². The van der Waals surface area contributed by atoms with Crippen molar-refractivity contribution in [2.75, 3.05) is 39.2 Å². The molecule has 0 bridgehead atoms. The highest BCUT2D eigenvalue weighted by Gasteiger charge is 2.17. The number of nitrogens with one attached hydrogen (secondary N) is 1. The standard InChI is InChI=1S/C12H17N5O2/c1-14-11-5-4-10(15-16-11)12(18)17(7-3-6-13)8-9-19-2/h4-5H,3,7-9H2,1-2H3,(H,14,16). The summed E-state index contributed by atoms with van der Waals surface area (Å²) in [5.41, 5.74) is 0.257. The predicted molar refractivity (Wildman–Crippen MR) is 69.6 cm³/mol. The summed E-state index contributed by atoms with van der Waals surface area (Å²) in [6, 6.07) is 5.30. The molecule has 1 aromatic heterocycles. The van der Waals surface area contributed by atoms with E-state index in [0.717, 1.165) is 0 Å². The third kappa shape index (κ3) is 4.52. The first kappa shape index (κ1) is 14.9. The summed E-state index contributed by atoms with van der Waals surface area (Å²) in [5, 5.41) is 19.2. The Morgan fingerprint density at radius 2 is 2.26 bits per heavy atom. The number of rotatable bonds is 7. The van der Waals surface area contributed by atoms with Crippen molar-refractivity contribution in [1.82, 2.24) is 15.1 Å². The van der Waals surface area contributed by atoms with Gasteiger partial charge in [-0.05, 0) is 12.1 Å². The Morgan fingerprint density at radius 1 is 1.47 bits per heavy atom. The van der Waals surface area contributed by atoms with Gasteiger partial charge in [-0.15, -0.1) is 10.2 Å². The topological polar surface area (TPSA) is 91.1 Å². The zero-order valence-corrected chi connectivity index (χ0v) is 11.1. The summed E-state index contributed by atoms with van der Waals surface area (Å²) in [4.78, 5) is 13.7. The number of ether oxygens (including phenoxy) is 1. The van der Waals surface area contributed by atoms with E-state index < -0.39 is 0 Å². The monoisotopic (exact) mass is 263 g/mol. The van der Waals surface area contributed by atoms with Gasteiger partial charge in [0.2, 0.25) is 0 Å². The molecule has 0 aliphatic heterocycles. The first-order chi connectivity index (χ1) is 9.22. The van der Waals surface area contributed by atoms with Gasteiger partial charge < -0.3 is 15.0 Å². The summed E-state index contributed by atoms with van der Waals surface area (Å²) in [5.74, 6) is 0.347. The number of hydrogen-bond acceptors (Lipinski definition) is 6. The van der Waals surface area contributed by atoms with Crippen molar-refractivity contribution in [3.8, 4) is 6.07 Å². The Morgan fingerprint density at radius 3 is 2.79 bits per heavy atom. The highest BCUT2D eigenvalue weighted by Crippen LogP contribution is 2.05. The lowest BCUT2D eigenvalue weighted by Crippen LogP contribution is -2.35. The van der Waals surface area contributed by atoms with Gasteiger partial charge in [0, 0.05) is 27.2 Å². The summed E-state index contributed by atoms with van der Waals surface area (Å²) in [7, 11) is 3.29. The fourth-order valence-corrected chi connectivity index (χ4v) is 1.44. The number of amides is 1. The lowest BCUT2D eigenvalue weighted by atomic mass is 10.3. The van der Waals surface area contributed by atoms with Gasteiger partial charge in [-0.1, -0.05) is 0 Å². The molecule has 7 nitrogen and oxygen atoms in total. The first-order valence-corrected chi connectivity index (χ1v) is 5.89. The van der Waals surface area contributed by atoms with Crippen molar-refractivity contribution in [2.24, 2.45) is 0 Å². The van der Waals surface area contributed by atoms with Crippen LogP contribution in [-0.2, 0) is 4.74 Å². The van der Waals surface area contributed by atoms with Gasteiger partial charge >= 0.3 is 0 Å². The maximum Gasteiger partial charge on any atom is 0.274 e. The Labute approximate surface area is 112 Å². The molecule has 0 spiro atoms. The molecule has 0 aliphatic rings. The van der Waals surface area contributed by atoms with E-state index in [9.17, 15) is 4.79 Å². The van der Waals surface area contributed by atoms with Crippen LogP contribution in [0.4, 0.5) is 5.82 Å². The second-order valence-corrected chi connectivity index (χ2v) is 3.75. The molecule has 0 aromatic carbocycles. The highest BCUT2D eigenvalue weighted by atomic mass is 16.5. The van der Waals surface area contributed by atoms with Gasteiger partial charge in [0.25, 0.3) is 5.91 Å². The smallest absolute Gasteiger partial charge is 0.274 e. The SMILES string of the molecule is CNc1ccc(C(=O)N(CCC#N)CCOC)nn1. The van der Waals surface area contributed by atoms with Crippen LogP contribution >= 0.6 is 0 Å². The molecule has 1 amide bonds. The lowest BCUT2D eigenvalue weighted by molar-refractivity contribution is 0.0693. The number of methoxy groups -OCH3 is 1. The van der Waals surface area contributed by atoms with Crippen molar-refractivity contribution >= 4 is 11.7 Å². The van der Waals surface area contributed by atoms with Crippen LogP contribution in [0.1, 0.15) is 16.9 Å². The number of nitriles is 1. The molecule has 0 aliphatic carbocycles. The molecule has 0 saturated carbocycles. The molecule has 1 heterocycles. The van der Waals surface area contributed by atoms with Gasteiger partial charge in [0.15, 0.2) is 5.69 Å². The minimum Gasteiger partial charge on any atom is -0.383 e. The van der Waals surface area contributed by atoms with E-state index in [0.29, 0.717) is 25.5 Å². The van der Waals surface area contributed by atoms with Gasteiger partial charge in [-0.25, -0.2) is 0 Å².